The van der Waals surface area contributed by atoms with Crippen molar-refractivity contribution in [1.29, 1.82) is 0 Å². The Morgan fingerprint density at radius 1 is 1.14 bits per heavy atom. The van der Waals surface area contributed by atoms with Crippen molar-refractivity contribution in [2.75, 3.05) is 26.3 Å². The summed E-state index contributed by atoms with van der Waals surface area (Å²) in [4.78, 5) is 6.64. The highest BCUT2D eigenvalue weighted by molar-refractivity contribution is 7.09. The lowest BCUT2D eigenvalue weighted by atomic mass is 10.0. The van der Waals surface area contributed by atoms with Crippen molar-refractivity contribution < 1.29 is 23.9 Å². The molecule has 0 saturated carbocycles. The summed E-state index contributed by atoms with van der Waals surface area (Å²) in [7, 11) is 1.97. The van der Waals surface area contributed by atoms with Gasteiger partial charge in [-0.1, -0.05) is 18.2 Å². The molecule has 1 aromatic rings. The highest BCUT2D eigenvalue weighted by Gasteiger charge is 2.41. The number of piperidine rings is 1. The third-order valence-electron chi connectivity index (χ3n) is 3.72. The van der Waals surface area contributed by atoms with Crippen molar-refractivity contribution in [3.8, 4) is 5.75 Å². The number of hydrogen-bond acceptors (Lipinski definition) is 6. The maximum atomic E-state index is 5.79. The van der Waals surface area contributed by atoms with Crippen molar-refractivity contribution >= 4 is 15.5 Å². The Hall–Kier alpha value is -1.40. The number of hydrogen-bond donors (Lipinski definition) is 0. The van der Waals surface area contributed by atoms with Gasteiger partial charge in [0.05, 0.1) is 22.7 Å². The second-order valence-corrected chi connectivity index (χ2v) is 5.25. The third-order valence-corrected chi connectivity index (χ3v) is 3.81. The fourth-order valence-corrected chi connectivity index (χ4v) is 2.66. The summed E-state index contributed by atoms with van der Waals surface area (Å²) < 4.78 is 21.7. The van der Waals surface area contributed by atoms with Gasteiger partial charge in [0.2, 0.25) is 0 Å². The molecule has 8 heteroatoms. The first kappa shape index (κ1) is 15.5. The normalized spacial score (nSPS) is 21.1. The lowest BCUT2D eigenvalue weighted by molar-refractivity contribution is -0.198. The Balaban J connectivity index is 1.65. The SMILES string of the molecule is POO/N=C(/Oc1ccccc1)N1CCC2(CC1)OCCO2. The predicted octanol–water partition coefficient (Wildman–Crippen LogP) is 1.91. The second kappa shape index (κ2) is 7.24. The number of ether oxygens (including phenoxy) is 3. The van der Waals surface area contributed by atoms with Gasteiger partial charge in [-0.05, 0) is 12.1 Å². The molecule has 22 heavy (non-hydrogen) atoms. The molecule has 7 nitrogen and oxygen atoms in total. The van der Waals surface area contributed by atoms with Crippen LogP contribution in [0.2, 0.25) is 0 Å². The average Bonchev–Trinajstić information content (AvgIpc) is 3.01. The van der Waals surface area contributed by atoms with E-state index in [4.69, 9.17) is 14.2 Å². The molecule has 1 unspecified atom stereocenters. The van der Waals surface area contributed by atoms with Crippen LogP contribution in [0.3, 0.4) is 0 Å². The van der Waals surface area contributed by atoms with E-state index in [1.165, 1.54) is 0 Å². The minimum Gasteiger partial charge on any atom is -0.424 e. The maximum absolute atomic E-state index is 5.79. The van der Waals surface area contributed by atoms with E-state index < -0.39 is 5.79 Å². The summed E-state index contributed by atoms with van der Waals surface area (Å²) in [5.41, 5.74) is 0. The monoisotopic (exact) mass is 326 g/mol. The number of oxime groups is 1. The first-order chi connectivity index (χ1) is 10.8. The molecule has 0 amide bonds. The van der Waals surface area contributed by atoms with E-state index >= 15 is 0 Å². The van der Waals surface area contributed by atoms with Gasteiger partial charge in [0, 0.05) is 31.1 Å². The Morgan fingerprint density at radius 3 is 2.45 bits per heavy atom. The summed E-state index contributed by atoms with van der Waals surface area (Å²) >= 11 is 0. The predicted molar refractivity (Wildman–Crippen MR) is 81.8 cm³/mol. The maximum Gasteiger partial charge on any atom is 0.336 e. The van der Waals surface area contributed by atoms with E-state index in [-0.39, 0.29) is 0 Å². The molecule has 2 saturated heterocycles. The van der Waals surface area contributed by atoms with Crippen LogP contribution in [-0.2, 0) is 19.1 Å². The summed E-state index contributed by atoms with van der Waals surface area (Å²) in [5, 5.41) is 3.87. The quantitative estimate of drug-likeness (QED) is 0.278. The smallest absolute Gasteiger partial charge is 0.336 e. The zero-order chi connectivity index (χ0) is 15.3. The van der Waals surface area contributed by atoms with E-state index in [1.54, 1.807) is 0 Å². The number of benzene rings is 1. The van der Waals surface area contributed by atoms with Crippen LogP contribution < -0.4 is 4.74 Å². The van der Waals surface area contributed by atoms with Crippen molar-refractivity contribution in [3.05, 3.63) is 30.3 Å². The molecular formula is C14H19N2O5P. The molecule has 2 fully saturated rings. The minimum absolute atomic E-state index is 0.349. The molecule has 0 N–H and O–H groups in total. The molecule has 2 aliphatic rings. The third kappa shape index (κ3) is 3.67. The standard InChI is InChI=1S/C14H19N2O5P/c22-21-20-15-13(19-12-4-2-1-3-5-12)16-8-6-14(7-9-16)17-10-11-18-14/h1-5H,6-11,22H2/b15-13+. The van der Waals surface area contributed by atoms with Gasteiger partial charge in [-0.15, -0.1) is 0 Å². The Kier molecular flexibility index (Phi) is 5.10. The van der Waals surface area contributed by atoms with Gasteiger partial charge in [-0.3, -0.25) is 0 Å². The first-order valence-corrected chi connectivity index (χ1v) is 7.65. The van der Waals surface area contributed by atoms with Crippen molar-refractivity contribution in [3.63, 3.8) is 0 Å². The lowest BCUT2D eigenvalue weighted by Crippen LogP contribution is -2.48. The Morgan fingerprint density at radius 2 is 1.82 bits per heavy atom. The molecule has 120 valence electrons. The molecule has 2 heterocycles. The van der Waals surface area contributed by atoms with Crippen LogP contribution in [0, 0.1) is 0 Å². The summed E-state index contributed by atoms with van der Waals surface area (Å²) in [6.07, 6.45) is 1.51. The van der Waals surface area contributed by atoms with E-state index in [0.29, 0.717) is 38.1 Å². The van der Waals surface area contributed by atoms with Crippen LogP contribution in [0.25, 0.3) is 0 Å². The van der Waals surface area contributed by atoms with Gasteiger partial charge in [-0.25, -0.2) is 4.99 Å². The number of nitrogens with zero attached hydrogens (tertiary/aromatic N) is 2. The molecule has 1 spiro atoms. The minimum atomic E-state index is -0.438. The fraction of sp³-hybridized carbons (Fsp3) is 0.500. The van der Waals surface area contributed by atoms with Gasteiger partial charge in [0.25, 0.3) is 0 Å². The van der Waals surface area contributed by atoms with E-state index in [2.05, 4.69) is 14.8 Å². The van der Waals surface area contributed by atoms with Gasteiger partial charge >= 0.3 is 6.02 Å². The zero-order valence-electron chi connectivity index (χ0n) is 12.1. The second-order valence-electron chi connectivity index (χ2n) is 5.05. The topological polar surface area (TPSA) is 61.8 Å². The van der Waals surface area contributed by atoms with Crippen LogP contribution in [0.4, 0.5) is 0 Å². The first-order valence-electron chi connectivity index (χ1n) is 7.18. The largest absolute Gasteiger partial charge is 0.424 e. The van der Waals surface area contributed by atoms with Crippen LogP contribution in [-0.4, -0.2) is 43.0 Å². The molecule has 1 aromatic carbocycles. The lowest BCUT2D eigenvalue weighted by Gasteiger charge is -2.37. The van der Waals surface area contributed by atoms with Crippen LogP contribution in [0.5, 0.6) is 5.75 Å². The molecule has 0 radical (unpaired) electrons. The van der Waals surface area contributed by atoms with E-state index in [1.807, 2.05) is 44.7 Å². The van der Waals surface area contributed by atoms with Gasteiger partial charge in [-0.2, -0.15) is 4.67 Å². The number of amidine groups is 1. The summed E-state index contributed by atoms with van der Waals surface area (Å²) in [6, 6.07) is 9.76. The molecular weight excluding hydrogens is 307 g/mol. The van der Waals surface area contributed by atoms with Gasteiger partial charge in [0.1, 0.15) is 5.75 Å². The van der Waals surface area contributed by atoms with Crippen LogP contribution in [0.15, 0.2) is 35.5 Å². The van der Waals surface area contributed by atoms with E-state index in [9.17, 15) is 0 Å². The van der Waals surface area contributed by atoms with E-state index in [0.717, 1.165) is 12.8 Å². The van der Waals surface area contributed by atoms with Crippen molar-refractivity contribution in [1.82, 2.24) is 4.90 Å². The number of likely N-dealkylation sites (tertiary alicyclic amines) is 1. The molecule has 2 aliphatic heterocycles. The number of para-hydroxylation sites is 1. The summed E-state index contributed by atoms with van der Waals surface area (Å²) in [6.45, 7) is 2.72. The van der Waals surface area contributed by atoms with Crippen LogP contribution in [0.1, 0.15) is 12.8 Å². The highest BCUT2D eigenvalue weighted by atomic mass is 31.0. The number of rotatable bonds is 3. The van der Waals surface area contributed by atoms with Gasteiger partial charge in [0.15, 0.2) is 5.79 Å². The average molecular weight is 326 g/mol. The van der Waals surface area contributed by atoms with Gasteiger partial charge < -0.3 is 19.1 Å². The van der Waals surface area contributed by atoms with Crippen molar-refractivity contribution in [2.24, 2.45) is 5.16 Å². The zero-order valence-corrected chi connectivity index (χ0v) is 13.3. The Bertz CT molecular complexity index is 497. The fourth-order valence-electron chi connectivity index (χ4n) is 2.61. The molecule has 0 bridgehead atoms. The molecule has 1 atom stereocenters. The molecule has 3 rings (SSSR count). The Labute approximate surface area is 131 Å². The van der Waals surface area contributed by atoms with Crippen LogP contribution >= 0.6 is 9.47 Å². The van der Waals surface area contributed by atoms with Crippen molar-refractivity contribution in [2.45, 2.75) is 18.6 Å². The summed E-state index contributed by atoms with van der Waals surface area (Å²) in [5.74, 6) is 0.244. The molecule has 0 aromatic heterocycles. The highest BCUT2D eigenvalue weighted by Crippen LogP contribution is 2.31. The molecule has 0 aliphatic carbocycles.